The molecule has 0 spiro atoms. The van der Waals surface area contributed by atoms with Gasteiger partial charge in [0.25, 0.3) is 0 Å². The monoisotopic (exact) mass is 377 g/mol. The second kappa shape index (κ2) is 8.65. The highest BCUT2D eigenvalue weighted by Crippen LogP contribution is 2.44. The van der Waals surface area contributed by atoms with E-state index < -0.39 is 6.04 Å². The van der Waals surface area contributed by atoms with Crippen molar-refractivity contribution >= 4 is 35.8 Å². The largest absolute Gasteiger partial charge is 0.351 e. The van der Waals surface area contributed by atoms with Crippen LogP contribution in [0.2, 0.25) is 5.02 Å². The third-order valence-electron chi connectivity index (χ3n) is 3.95. The number of hydrogen-bond donors (Lipinski definition) is 3. The second-order valence-electron chi connectivity index (χ2n) is 6.14. The summed E-state index contributed by atoms with van der Waals surface area (Å²) in [5.74, 6) is -1.18. The molecule has 2 unspecified atom stereocenters. The van der Waals surface area contributed by atoms with Crippen molar-refractivity contribution in [2.75, 3.05) is 6.54 Å². The van der Waals surface area contributed by atoms with E-state index in [4.69, 9.17) is 17.3 Å². The fraction of sp³-hybridized carbons (Fsp3) is 0.500. The summed E-state index contributed by atoms with van der Waals surface area (Å²) in [7, 11) is 0. The SMILES string of the molecule is CC(C)[C@H](N)C(=O)NCC(=O)NC1CC1c1c(F)cccc1Cl.Cl. The average molecular weight is 378 g/mol. The summed E-state index contributed by atoms with van der Waals surface area (Å²) in [6, 6.07) is 3.72. The van der Waals surface area contributed by atoms with Crippen LogP contribution < -0.4 is 16.4 Å². The van der Waals surface area contributed by atoms with E-state index in [0.717, 1.165) is 0 Å². The van der Waals surface area contributed by atoms with Crippen molar-refractivity contribution in [1.29, 1.82) is 0 Å². The molecule has 4 N–H and O–H groups in total. The van der Waals surface area contributed by atoms with Gasteiger partial charge in [0.15, 0.2) is 0 Å². The number of nitrogens with two attached hydrogens (primary N) is 1. The highest BCUT2D eigenvalue weighted by molar-refractivity contribution is 6.31. The average Bonchev–Trinajstić information content (AvgIpc) is 3.22. The van der Waals surface area contributed by atoms with Crippen molar-refractivity contribution in [1.82, 2.24) is 10.6 Å². The molecule has 1 aromatic carbocycles. The van der Waals surface area contributed by atoms with Crippen LogP contribution in [0.3, 0.4) is 0 Å². The molecule has 2 amide bonds. The van der Waals surface area contributed by atoms with E-state index in [2.05, 4.69) is 10.6 Å². The van der Waals surface area contributed by atoms with Gasteiger partial charge in [-0.25, -0.2) is 4.39 Å². The maximum atomic E-state index is 13.8. The summed E-state index contributed by atoms with van der Waals surface area (Å²) in [4.78, 5) is 23.5. The van der Waals surface area contributed by atoms with Gasteiger partial charge in [0.2, 0.25) is 11.8 Å². The summed E-state index contributed by atoms with van der Waals surface area (Å²) >= 11 is 6.01. The van der Waals surface area contributed by atoms with Crippen molar-refractivity contribution in [2.24, 2.45) is 11.7 Å². The molecule has 24 heavy (non-hydrogen) atoms. The minimum atomic E-state index is -0.645. The second-order valence-corrected chi connectivity index (χ2v) is 6.55. The lowest BCUT2D eigenvalue weighted by molar-refractivity contribution is -0.127. The van der Waals surface area contributed by atoms with Crippen molar-refractivity contribution in [3.05, 3.63) is 34.6 Å². The van der Waals surface area contributed by atoms with Gasteiger partial charge in [-0.1, -0.05) is 31.5 Å². The third-order valence-corrected chi connectivity index (χ3v) is 4.28. The Bertz CT molecular complexity index is 593. The minimum Gasteiger partial charge on any atom is -0.351 e. The Morgan fingerprint density at radius 2 is 2.08 bits per heavy atom. The molecular formula is C16H22Cl2FN3O2. The number of amides is 2. The van der Waals surface area contributed by atoms with E-state index in [0.29, 0.717) is 17.0 Å². The molecule has 1 aliphatic rings. The van der Waals surface area contributed by atoms with Crippen LogP contribution in [-0.2, 0) is 9.59 Å². The molecule has 0 aromatic heterocycles. The molecule has 0 heterocycles. The predicted octanol–water partition coefficient (Wildman–Crippen LogP) is 1.97. The van der Waals surface area contributed by atoms with Gasteiger partial charge in [-0.2, -0.15) is 0 Å². The number of carbonyl (C=O) groups is 2. The van der Waals surface area contributed by atoms with Crippen molar-refractivity contribution in [3.8, 4) is 0 Å². The molecule has 0 saturated heterocycles. The van der Waals surface area contributed by atoms with Gasteiger partial charge in [0, 0.05) is 22.5 Å². The predicted molar refractivity (Wildman–Crippen MR) is 93.8 cm³/mol. The van der Waals surface area contributed by atoms with E-state index in [1.165, 1.54) is 6.07 Å². The summed E-state index contributed by atoms with van der Waals surface area (Å²) in [5, 5.41) is 5.62. The summed E-state index contributed by atoms with van der Waals surface area (Å²) in [5.41, 5.74) is 6.13. The van der Waals surface area contributed by atoms with E-state index in [1.807, 2.05) is 13.8 Å². The van der Waals surface area contributed by atoms with E-state index >= 15 is 0 Å². The van der Waals surface area contributed by atoms with Crippen LogP contribution in [0.4, 0.5) is 4.39 Å². The first-order chi connectivity index (χ1) is 10.8. The summed E-state index contributed by atoms with van der Waals surface area (Å²) in [6.45, 7) is 3.52. The normalized spacial score (nSPS) is 20.1. The fourth-order valence-electron chi connectivity index (χ4n) is 2.38. The molecule has 8 heteroatoms. The first-order valence-electron chi connectivity index (χ1n) is 7.57. The molecule has 1 aliphatic carbocycles. The Kier molecular flexibility index (Phi) is 7.45. The first kappa shape index (κ1) is 20.7. The highest BCUT2D eigenvalue weighted by atomic mass is 35.5. The molecule has 0 bridgehead atoms. The van der Waals surface area contributed by atoms with Crippen LogP contribution >= 0.6 is 24.0 Å². The molecule has 5 nitrogen and oxygen atoms in total. The van der Waals surface area contributed by atoms with Crippen LogP contribution in [0.15, 0.2) is 18.2 Å². The van der Waals surface area contributed by atoms with E-state index in [-0.39, 0.29) is 54.5 Å². The van der Waals surface area contributed by atoms with Crippen molar-refractivity contribution in [3.63, 3.8) is 0 Å². The molecule has 1 fully saturated rings. The molecular weight excluding hydrogens is 356 g/mol. The van der Waals surface area contributed by atoms with Gasteiger partial charge in [-0.3, -0.25) is 9.59 Å². The Balaban J connectivity index is 0.00000288. The maximum absolute atomic E-state index is 13.8. The number of hydrogen-bond acceptors (Lipinski definition) is 3. The molecule has 1 aromatic rings. The maximum Gasteiger partial charge on any atom is 0.239 e. The zero-order valence-electron chi connectivity index (χ0n) is 13.5. The third kappa shape index (κ3) is 5.06. The minimum absolute atomic E-state index is 0. The van der Waals surface area contributed by atoms with Crippen molar-refractivity contribution in [2.45, 2.75) is 38.3 Å². The molecule has 3 atom stereocenters. The first-order valence-corrected chi connectivity index (χ1v) is 7.95. The van der Waals surface area contributed by atoms with Crippen LogP contribution in [0.25, 0.3) is 0 Å². The van der Waals surface area contributed by atoms with E-state index in [1.54, 1.807) is 12.1 Å². The summed E-state index contributed by atoms with van der Waals surface area (Å²) < 4.78 is 13.8. The number of rotatable bonds is 6. The lowest BCUT2D eigenvalue weighted by Crippen LogP contribution is -2.47. The van der Waals surface area contributed by atoms with Crippen LogP contribution in [0, 0.1) is 11.7 Å². The van der Waals surface area contributed by atoms with Gasteiger partial charge in [-0.05, 0) is 24.5 Å². The van der Waals surface area contributed by atoms with Gasteiger partial charge >= 0.3 is 0 Å². The standard InChI is InChI=1S/C16H21ClFN3O2.ClH/c1-8(2)15(19)16(23)20-7-13(22)21-12-6-9(12)14-10(17)4-3-5-11(14)18;/h3-5,8-9,12,15H,6-7,19H2,1-2H3,(H,20,23)(H,21,22);1H/t9?,12?,15-;/m0./s1. The van der Waals surface area contributed by atoms with Crippen molar-refractivity contribution < 1.29 is 14.0 Å². The Morgan fingerprint density at radius 1 is 1.42 bits per heavy atom. The quantitative estimate of drug-likeness (QED) is 0.708. The Labute approximate surface area is 151 Å². The zero-order valence-corrected chi connectivity index (χ0v) is 15.1. The number of benzene rings is 1. The smallest absolute Gasteiger partial charge is 0.239 e. The lowest BCUT2D eigenvalue weighted by atomic mass is 10.1. The van der Waals surface area contributed by atoms with E-state index in [9.17, 15) is 14.0 Å². The zero-order chi connectivity index (χ0) is 17.1. The Morgan fingerprint density at radius 3 is 2.67 bits per heavy atom. The van der Waals surface area contributed by atoms with Gasteiger partial charge in [0.05, 0.1) is 12.6 Å². The molecule has 1 saturated carbocycles. The van der Waals surface area contributed by atoms with Crippen LogP contribution in [0.5, 0.6) is 0 Å². The summed E-state index contributed by atoms with van der Waals surface area (Å²) in [6.07, 6.45) is 0.631. The Hall–Kier alpha value is -1.37. The number of nitrogens with one attached hydrogen (secondary N) is 2. The number of carbonyl (C=O) groups excluding carboxylic acids is 2. The highest BCUT2D eigenvalue weighted by Gasteiger charge is 2.42. The van der Waals surface area contributed by atoms with Crippen LogP contribution in [0.1, 0.15) is 31.7 Å². The van der Waals surface area contributed by atoms with Gasteiger partial charge in [0.1, 0.15) is 5.82 Å². The fourth-order valence-corrected chi connectivity index (χ4v) is 2.69. The van der Waals surface area contributed by atoms with Gasteiger partial charge in [-0.15, -0.1) is 12.4 Å². The van der Waals surface area contributed by atoms with Crippen LogP contribution in [-0.4, -0.2) is 30.4 Å². The number of halogens is 3. The molecule has 0 aliphatic heterocycles. The van der Waals surface area contributed by atoms with Gasteiger partial charge < -0.3 is 16.4 Å². The topological polar surface area (TPSA) is 84.2 Å². The molecule has 2 rings (SSSR count). The molecule has 134 valence electrons. The lowest BCUT2D eigenvalue weighted by Gasteiger charge is -2.15. The molecule has 0 radical (unpaired) electrons.